The topological polar surface area (TPSA) is 47.9 Å². The van der Waals surface area contributed by atoms with Crippen LogP contribution in [0.5, 0.6) is 5.75 Å². The molecular weight excluding hydrogens is 302 g/mol. The molecule has 0 aliphatic rings. The lowest BCUT2D eigenvalue weighted by atomic mass is 10.2. The van der Waals surface area contributed by atoms with E-state index >= 15 is 0 Å². The average molecular weight is 315 g/mol. The standard InChI is InChI=1S/C15H13N3OS2/c1-2-8-16-13(3-1)9-19-14-6-4-12(5-7-14)10-20-15-18-17-11-21-15/h1-8,11H,9-10H2. The molecule has 0 radical (unpaired) electrons. The number of benzene rings is 1. The molecule has 3 aromatic rings. The molecule has 21 heavy (non-hydrogen) atoms. The van der Waals surface area contributed by atoms with Crippen LogP contribution in [0.25, 0.3) is 0 Å². The van der Waals surface area contributed by atoms with Gasteiger partial charge < -0.3 is 4.74 Å². The molecule has 0 spiro atoms. The monoisotopic (exact) mass is 315 g/mol. The van der Waals surface area contributed by atoms with Gasteiger partial charge in [0.05, 0.1) is 5.69 Å². The van der Waals surface area contributed by atoms with E-state index in [-0.39, 0.29) is 0 Å². The van der Waals surface area contributed by atoms with E-state index in [0.717, 1.165) is 21.5 Å². The summed E-state index contributed by atoms with van der Waals surface area (Å²) >= 11 is 3.25. The first-order valence-corrected chi connectivity index (χ1v) is 8.27. The Morgan fingerprint density at radius 3 is 2.71 bits per heavy atom. The second-order valence-corrected chi connectivity index (χ2v) is 6.30. The van der Waals surface area contributed by atoms with Crippen molar-refractivity contribution in [3.05, 3.63) is 65.4 Å². The fourth-order valence-corrected chi connectivity index (χ4v) is 3.14. The van der Waals surface area contributed by atoms with Gasteiger partial charge in [-0.3, -0.25) is 4.98 Å². The van der Waals surface area contributed by atoms with Gasteiger partial charge in [0.15, 0.2) is 4.34 Å². The fourth-order valence-electron chi connectivity index (χ4n) is 1.69. The number of rotatable bonds is 6. The van der Waals surface area contributed by atoms with Crippen LogP contribution in [0, 0.1) is 0 Å². The maximum Gasteiger partial charge on any atom is 0.174 e. The van der Waals surface area contributed by atoms with Crippen LogP contribution in [0.15, 0.2) is 58.5 Å². The number of hydrogen-bond donors (Lipinski definition) is 0. The number of pyridine rings is 1. The largest absolute Gasteiger partial charge is 0.487 e. The van der Waals surface area contributed by atoms with E-state index in [1.807, 2.05) is 30.3 Å². The average Bonchev–Trinajstić information content (AvgIpc) is 3.06. The van der Waals surface area contributed by atoms with Gasteiger partial charge in [0.1, 0.15) is 17.9 Å². The summed E-state index contributed by atoms with van der Waals surface area (Å²) in [6.45, 7) is 0.486. The van der Waals surface area contributed by atoms with Crippen molar-refractivity contribution in [2.45, 2.75) is 16.7 Å². The molecule has 0 bridgehead atoms. The molecule has 0 saturated heterocycles. The first kappa shape index (κ1) is 14.0. The smallest absolute Gasteiger partial charge is 0.174 e. The Kier molecular flexibility index (Phi) is 4.81. The van der Waals surface area contributed by atoms with Gasteiger partial charge in [-0.05, 0) is 29.8 Å². The molecule has 0 atom stereocenters. The van der Waals surface area contributed by atoms with Gasteiger partial charge in [-0.2, -0.15) is 0 Å². The van der Waals surface area contributed by atoms with E-state index in [2.05, 4.69) is 27.3 Å². The molecule has 0 aliphatic carbocycles. The SMILES string of the molecule is c1ccc(COc2ccc(CSc3nncs3)cc2)nc1. The molecule has 3 rings (SSSR count). The van der Waals surface area contributed by atoms with Crippen LogP contribution < -0.4 is 4.74 Å². The Hall–Kier alpha value is -1.92. The van der Waals surface area contributed by atoms with E-state index in [0.29, 0.717) is 6.61 Å². The lowest BCUT2D eigenvalue weighted by molar-refractivity contribution is 0.301. The van der Waals surface area contributed by atoms with E-state index in [1.165, 1.54) is 5.56 Å². The molecule has 0 saturated carbocycles. The molecule has 2 aromatic heterocycles. The minimum Gasteiger partial charge on any atom is -0.487 e. The summed E-state index contributed by atoms with van der Waals surface area (Å²) in [5, 5.41) is 7.84. The van der Waals surface area contributed by atoms with E-state index in [4.69, 9.17) is 4.74 Å². The van der Waals surface area contributed by atoms with Crippen LogP contribution in [0.1, 0.15) is 11.3 Å². The second kappa shape index (κ2) is 7.19. The van der Waals surface area contributed by atoms with Crippen molar-refractivity contribution >= 4 is 23.1 Å². The Labute approximate surface area is 131 Å². The predicted octanol–water partition coefficient (Wildman–Crippen LogP) is 3.80. The highest BCUT2D eigenvalue weighted by molar-refractivity contribution is 8.00. The van der Waals surface area contributed by atoms with Crippen molar-refractivity contribution in [1.29, 1.82) is 0 Å². The molecule has 0 amide bonds. The molecule has 2 heterocycles. The summed E-state index contributed by atoms with van der Waals surface area (Å²) in [5.41, 5.74) is 3.91. The Bertz CT molecular complexity index is 657. The molecule has 0 aliphatic heterocycles. The molecule has 6 heteroatoms. The zero-order valence-corrected chi connectivity index (χ0v) is 12.8. The number of ether oxygens (including phenoxy) is 1. The van der Waals surface area contributed by atoms with Gasteiger partial charge in [-0.1, -0.05) is 41.3 Å². The maximum atomic E-state index is 5.71. The predicted molar refractivity (Wildman–Crippen MR) is 84.5 cm³/mol. The van der Waals surface area contributed by atoms with Gasteiger partial charge in [0.25, 0.3) is 0 Å². The number of thioether (sulfide) groups is 1. The summed E-state index contributed by atoms with van der Waals surface area (Å²) in [6, 6.07) is 13.9. The summed E-state index contributed by atoms with van der Waals surface area (Å²) in [4.78, 5) is 4.23. The third-order valence-corrected chi connectivity index (χ3v) is 4.67. The lowest BCUT2D eigenvalue weighted by Gasteiger charge is -2.06. The third-order valence-electron chi connectivity index (χ3n) is 2.74. The van der Waals surface area contributed by atoms with E-state index in [9.17, 15) is 0 Å². The van der Waals surface area contributed by atoms with Gasteiger partial charge in [-0.25, -0.2) is 0 Å². The summed E-state index contributed by atoms with van der Waals surface area (Å²) in [7, 11) is 0. The highest BCUT2D eigenvalue weighted by Gasteiger charge is 2.01. The van der Waals surface area contributed by atoms with Crippen molar-refractivity contribution in [2.75, 3.05) is 0 Å². The van der Waals surface area contributed by atoms with Crippen LogP contribution in [0.3, 0.4) is 0 Å². The van der Waals surface area contributed by atoms with Crippen molar-refractivity contribution in [1.82, 2.24) is 15.2 Å². The van der Waals surface area contributed by atoms with E-state index in [1.54, 1.807) is 34.8 Å². The molecular formula is C15H13N3OS2. The Morgan fingerprint density at radius 2 is 2.00 bits per heavy atom. The minimum atomic E-state index is 0.486. The quantitative estimate of drug-likeness (QED) is 0.647. The summed E-state index contributed by atoms with van der Waals surface area (Å²) in [5.74, 6) is 1.74. The van der Waals surface area contributed by atoms with Crippen molar-refractivity contribution in [3.8, 4) is 5.75 Å². The normalized spacial score (nSPS) is 10.5. The van der Waals surface area contributed by atoms with Crippen molar-refractivity contribution in [2.24, 2.45) is 0 Å². The highest BCUT2D eigenvalue weighted by atomic mass is 32.2. The van der Waals surface area contributed by atoms with Crippen LogP contribution in [0.4, 0.5) is 0 Å². The van der Waals surface area contributed by atoms with Gasteiger partial charge >= 0.3 is 0 Å². The van der Waals surface area contributed by atoms with Gasteiger partial charge in [-0.15, -0.1) is 10.2 Å². The first-order chi connectivity index (χ1) is 10.4. The number of hydrogen-bond acceptors (Lipinski definition) is 6. The number of nitrogens with zero attached hydrogens (tertiary/aromatic N) is 3. The molecule has 0 N–H and O–H groups in total. The molecule has 106 valence electrons. The maximum absolute atomic E-state index is 5.71. The Morgan fingerprint density at radius 1 is 1.10 bits per heavy atom. The zero-order chi connectivity index (χ0) is 14.3. The van der Waals surface area contributed by atoms with Crippen LogP contribution in [-0.2, 0) is 12.4 Å². The Balaban J connectivity index is 1.52. The van der Waals surface area contributed by atoms with Gasteiger partial charge in [0.2, 0.25) is 0 Å². The minimum absolute atomic E-state index is 0.486. The van der Waals surface area contributed by atoms with Crippen LogP contribution in [-0.4, -0.2) is 15.2 Å². The highest BCUT2D eigenvalue weighted by Crippen LogP contribution is 2.24. The van der Waals surface area contributed by atoms with Gasteiger partial charge in [0, 0.05) is 11.9 Å². The molecule has 0 unspecified atom stereocenters. The molecule has 0 fully saturated rings. The zero-order valence-electron chi connectivity index (χ0n) is 11.2. The van der Waals surface area contributed by atoms with Crippen molar-refractivity contribution < 1.29 is 4.74 Å². The summed E-state index contributed by atoms with van der Waals surface area (Å²) < 4.78 is 6.70. The molecule has 4 nitrogen and oxygen atoms in total. The lowest BCUT2D eigenvalue weighted by Crippen LogP contribution is -1.97. The fraction of sp³-hybridized carbons (Fsp3) is 0.133. The van der Waals surface area contributed by atoms with Crippen LogP contribution in [0.2, 0.25) is 0 Å². The van der Waals surface area contributed by atoms with Crippen molar-refractivity contribution in [3.63, 3.8) is 0 Å². The number of aromatic nitrogens is 3. The first-order valence-electron chi connectivity index (χ1n) is 6.41. The second-order valence-electron chi connectivity index (χ2n) is 4.25. The van der Waals surface area contributed by atoms with E-state index < -0.39 is 0 Å². The van der Waals surface area contributed by atoms with Crippen LogP contribution >= 0.6 is 23.1 Å². The third kappa shape index (κ3) is 4.27. The summed E-state index contributed by atoms with van der Waals surface area (Å²) in [6.07, 6.45) is 1.77. The molecule has 1 aromatic carbocycles.